The Balaban J connectivity index is 2.27. The number of nitrogens with zero attached hydrogens (tertiary/aromatic N) is 3. The second-order valence-electron chi connectivity index (χ2n) is 4.78. The lowest BCUT2D eigenvalue weighted by atomic mass is 10.1. The summed E-state index contributed by atoms with van der Waals surface area (Å²) in [5, 5.41) is 0. The lowest BCUT2D eigenvalue weighted by molar-refractivity contribution is -0.119. The van der Waals surface area contributed by atoms with E-state index in [1.807, 2.05) is 32.0 Å². The summed E-state index contributed by atoms with van der Waals surface area (Å²) in [5.74, 6) is 0.480. The van der Waals surface area contributed by atoms with E-state index in [0.717, 1.165) is 16.7 Å². The fourth-order valence-corrected chi connectivity index (χ4v) is 1.79. The first-order chi connectivity index (χ1) is 8.58. The van der Waals surface area contributed by atoms with E-state index in [1.54, 1.807) is 24.3 Å². The highest BCUT2D eigenvalue weighted by Gasteiger charge is 2.13. The average Bonchev–Trinajstić information content (AvgIpc) is 2.36. The standard InChI is InChI=1S/C14H17N3O/c1-10(2)8-14(18)17(3)11-4-5-12-13(9-11)16-7-6-15-12/h4-7,9-10H,8H2,1-3H3. The summed E-state index contributed by atoms with van der Waals surface area (Å²) < 4.78 is 0. The summed E-state index contributed by atoms with van der Waals surface area (Å²) in [6, 6.07) is 5.67. The minimum absolute atomic E-state index is 0.119. The van der Waals surface area contributed by atoms with Crippen LogP contribution in [-0.4, -0.2) is 22.9 Å². The topological polar surface area (TPSA) is 46.1 Å². The van der Waals surface area contributed by atoms with Crippen molar-refractivity contribution in [1.82, 2.24) is 9.97 Å². The first-order valence-corrected chi connectivity index (χ1v) is 6.05. The quantitative estimate of drug-likeness (QED) is 0.832. The van der Waals surface area contributed by atoms with E-state index in [4.69, 9.17) is 0 Å². The van der Waals surface area contributed by atoms with E-state index in [0.29, 0.717) is 12.3 Å². The molecule has 2 aromatic rings. The van der Waals surface area contributed by atoms with Crippen LogP contribution in [0.25, 0.3) is 11.0 Å². The Morgan fingerprint density at radius 3 is 2.56 bits per heavy atom. The molecule has 1 amide bonds. The SMILES string of the molecule is CC(C)CC(=O)N(C)c1ccc2nccnc2c1. The zero-order chi connectivity index (χ0) is 13.1. The van der Waals surface area contributed by atoms with Crippen LogP contribution in [0.5, 0.6) is 0 Å². The van der Waals surface area contributed by atoms with Gasteiger partial charge in [0, 0.05) is 31.5 Å². The number of anilines is 1. The van der Waals surface area contributed by atoms with Gasteiger partial charge < -0.3 is 4.90 Å². The van der Waals surface area contributed by atoms with E-state index in [1.165, 1.54) is 0 Å². The van der Waals surface area contributed by atoms with Crippen LogP contribution in [0, 0.1) is 5.92 Å². The van der Waals surface area contributed by atoms with Gasteiger partial charge in [0.05, 0.1) is 11.0 Å². The number of fused-ring (bicyclic) bond motifs is 1. The third kappa shape index (κ3) is 2.64. The van der Waals surface area contributed by atoms with Gasteiger partial charge in [-0.2, -0.15) is 0 Å². The monoisotopic (exact) mass is 243 g/mol. The molecule has 0 spiro atoms. The Bertz CT molecular complexity index is 566. The van der Waals surface area contributed by atoms with E-state index in [2.05, 4.69) is 9.97 Å². The van der Waals surface area contributed by atoms with Crippen molar-refractivity contribution in [3.63, 3.8) is 0 Å². The normalized spacial score (nSPS) is 10.9. The number of carbonyl (C=O) groups is 1. The maximum Gasteiger partial charge on any atom is 0.226 e. The van der Waals surface area contributed by atoms with Gasteiger partial charge in [-0.1, -0.05) is 13.8 Å². The molecule has 4 heteroatoms. The van der Waals surface area contributed by atoms with Crippen molar-refractivity contribution in [2.24, 2.45) is 5.92 Å². The van der Waals surface area contributed by atoms with Crippen molar-refractivity contribution in [3.05, 3.63) is 30.6 Å². The highest BCUT2D eigenvalue weighted by molar-refractivity contribution is 5.94. The molecule has 1 heterocycles. The van der Waals surface area contributed by atoms with E-state index in [-0.39, 0.29) is 5.91 Å². The first kappa shape index (κ1) is 12.5. The Kier molecular flexibility index (Phi) is 3.55. The molecule has 0 fully saturated rings. The molecule has 18 heavy (non-hydrogen) atoms. The van der Waals surface area contributed by atoms with Crippen LogP contribution in [0.3, 0.4) is 0 Å². The number of rotatable bonds is 3. The number of amides is 1. The lowest BCUT2D eigenvalue weighted by Gasteiger charge is -2.18. The lowest BCUT2D eigenvalue weighted by Crippen LogP contribution is -2.27. The van der Waals surface area contributed by atoms with Gasteiger partial charge in [-0.3, -0.25) is 14.8 Å². The Morgan fingerprint density at radius 2 is 1.89 bits per heavy atom. The first-order valence-electron chi connectivity index (χ1n) is 6.05. The van der Waals surface area contributed by atoms with Crippen LogP contribution in [0.15, 0.2) is 30.6 Å². The molecule has 1 aromatic carbocycles. The fourth-order valence-electron chi connectivity index (χ4n) is 1.79. The summed E-state index contributed by atoms with van der Waals surface area (Å²) >= 11 is 0. The molecule has 0 aliphatic heterocycles. The summed E-state index contributed by atoms with van der Waals surface area (Å²) in [6.45, 7) is 4.08. The molecule has 0 radical (unpaired) electrons. The van der Waals surface area contributed by atoms with Crippen LogP contribution >= 0.6 is 0 Å². The highest BCUT2D eigenvalue weighted by atomic mass is 16.2. The minimum Gasteiger partial charge on any atom is -0.315 e. The van der Waals surface area contributed by atoms with Crippen LogP contribution in [0.4, 0.5) is 5.69 Å². The molecule has 0 saturated carbocycles. The zero-order valence-corrected chi connectivity index (χ0v) is 10.9. The summed E-state index contributed by atoms with van der Waals surface area (Å²) in [7, 11) is 1.79. The smallest absolute Gasteiger partial charge is 0.226 e. The number of hydrogen-bond donors (Lipinski definition) is 0. The molecule has 0 unspecified atom stereocenters. The van der Waals surface area contributed by atoms with Crippen LogP contribution in [0.1, 0.15) is 20.3 Å². The fraction of sp³-hybridized carbons (Fsp3) is 0.357. The van der Waals surface area contributed by atoms with E-state index in [9.17, 15) is 4.79 Å². The highest BCUT2D eigenvalue weighted by Crippen LogP contribution is 2.19. The molecule has 0 bridgehead atoms. The molecule has 94 valence electrons. The molecule has 2 rings (SSSR count). The Labute approximate surface area is 107 Å². The van der Waals surface area contributed by atoms with Crippen molar-refractivity contribution in [3.8, 4) is 0 Å². The molecular weight excluding hydrogens is 226 g/mol. The van der Waals surface area contributed by atoms with Gasteiger partial charge in [0.15, 0.2) is 0 Å². The van der Waals surface area contributed by atoms with Crippen molar-refractivity contribution >= 4 is 22.6 Å². The van der Waals surface area contributed by atoms with Crippen LogP contribution in [-0.2, 0) is 4.79 Å². The van der Waals surface area contributed by atoms with Crippen molar-refractivity contribution < 1.29 is 4.79 Å². The van der Waals surface area contributed by atoms with Gasteiger partial charge in [0.2, 0.25) is 5.91 Å². The summed E-state index contributed by atoms with van der Waals surface area (Å²) in [6.07, 6.45) is 3.87. The predicted octanol–water partition coefficient (Wildman–Crippen LogP) is 2.64. The van der Waals surface area contributed by atoms with Gasteiger partial charge in [0.1, 0.15) is 0 Å². The molecule has 4 nitrogen and oxygen atoms in total. The van der Waals surface area contributed by atoms with Crippen LogP contribution < -0.4 is 4.90 Å². The largest absolute Gasteiger partial charge is 0.315 e. The number of hydrogen-bond acceptors (Lipinski definition) is 3. The molecule has 1 aromatic heterocycles. The van der Waals surface area contributed by atoms with E-state index >= 15 is 0 Å². The average molecular weight is 243 g/mol. The maximum absolute atomic E-state index is 12.0. The number of carbonyl (C=O) groups excluding carboxylic acids is 1. The molecule has 0 N–H and O–H groups in total. The third-order valence-corrected chi connectivity index (χ3v) is 2.80. The minimum atomic E-state index is 0.119. The number of aromatic nitrogens is 2. The molecule has 0 saturated heterocycles. The second kappa shape index (κ2) is 5.12. The molecule has 0 aliphatic carbocycles. The Morgan fingerprint density at radius 1 is 1.22 bits per heavy atom. The van der Waals surface area contributed by atoms with Gasteiger partial charge in [-0.15, -0.1) is 0 Å². The third-order valence-electron chi connectivity index (χ3n) is 2.80. The maximum atomic E-state index is 12.0. The van der Waals surface area contributed by atoms with Gasteiger partial charge in [-0.25, -0.2) is 0 Å². The summed E-state index contributed by atoms with van der Waals surface area (Å²) in [4.78, 5) is 22.1. The van der Waals surface area contributed by atoms with Gasteiger partial charge in [0.25, 0.3) is 0 Å². The number of benzene rings is 1. The van der Waals surface area contributed by atoms with Crippen molar-refractivity contribution in [2.75, 3.05) is 11.9 Å². The summed E-state index contributed by atoms with van der Waals surface area (Å²) in [5.41, 5.74) is 2.50. The van der Waals surface area contributed by atoms with Crippen molar-refractivity contribution in [1.29, 1.82) is 0 Å². The van der Waals surface area contributed by atoms with Crippen molar-refractivity contribution in [2.45, 2.75) is 20.3 Å². The predicted molar refractivity (Wildman–Crippen MR) is 72.4 cm³/mol. The van der Waals surface area contributed by atoms with Gasteiger partial charge in [-0.05, 0) is 24.1 Å². The molecule has 0 atom stereocenters. The van der Waals surface area contributed by atoms with Gasteiger partial charge >= 0.3 is 0 Å². The van der Waals surface area contributed by atoms with E-state index < -0.39 is 0 Å². The zero-order valence-electron chi connectivity index (χ0n) is 10.9. The Hall–Kier alpha value is -1.97. The molecular formula is C14H17N3O. The van der Waals surface area contributed by atoms with Crippen LogP contribution in [0.2, 0.25) is 0 Å². The molecule has 0 aliphatic rings. The second-order valence-corrected chi connectivity index (χ2v) is 4.78.